The average molecular weight is 763 g/mol. The molecule has 0 radical (unpaired) electrons. The summed E-state index contributed by atoms with van der Waals surface area (Å²) in [6.07, 6.45) is 0. The molecule has 0 heterocycles. The van der Waals surface area contributed by atoms with E-state index in [0.717, 1.165) is 11.1 Å². The summed E-state index contributed by atoms with van der Waals surface area (Å²) in [6, 6.07) is 31.5. The lowest BCUT2D eigenvalue weighted by Crippen LogP contribution is -2.19. The van der Waals surface area contributed by atoms with Gasteiger partial charge in [-0.25, -0.2) is 4.79 Å². The smallest absolute Gasteiger partial charge is 0.308 e. The quantitative estimate of drug-likeness (QED) is 0.0779. The molecular formula is C37H30N8O7S2. The molecule has 0 aliphatic rings. The predicted molar refractivity (Wildman–Crippen MR) is 204 cm³/mol. The zero-order valence-corrected chi connectivity index (χ0v) is 30.1. The number of carbonyl (C=O) groups excluding carboxylic acids is 1. The van der Waals surface area contributed by atoms with Gasteiger partial charge in [0.2, 0.25) is 0 Å². The zero-order chi connectivity index (χ0) is 38.5. The monoisotopic (exact) mass is 762 g/mol. The van der Waals surface area contributed by atoms with Crippen molar-refractivity contribution in [3.8, 4) is 0 Å². The van der Waals surface area contributed by atoms with Crippen LogP contribution in [0.2, 0.25) is 0 Å². The molecule has 0 spiro atoms. The Bertz CT molecular complexity index is 2700. The van der Waals surface area contributed by atoms with Crippen LogP contribution in [-0.2, 0) is 20.2 Å². The second-order valence-corrected chi connectivity index (χ2v) is 14.6. The molecule has 6 aromatic carbocycles. The minimum atomic E-state index is -4.40. The topological polar surface area (TPSA) is 224 Å². The molecule has 4 N–H and O–H groups in total. The van der Waals surface area contributed by atoms with Gasteiger partial charge in [0.15, 0.2) is 0 Å². The van der Waals surface area contributed by atoms with Crippen LogP contribution in [0.1, 0.15) is 11.1 Å². The number of rotatable bonds is 10. The van der Waals surface area contributed by atoms with Gasteiger partial charge in [-0.3, -0.25) is 9.11 Å². The fourth-order valence-corrected chi connectivity index (χ4v) is 6.29. The first-order chi connectivity index (χ1) is 25.7. The summed E-state index contributed by atoms with van der Waals surface area (Å²) < 4.78 is 64.6. The van der Waals surface area contributed by atoms with Crippen molar-refractivity contribution in [2.24, 2.45) is 30.7 Å². The lowest BCUT2D eigenvalue weighted by molar-refractivity contribution is 0.262. The van der Waals surface area contributed by atoms with Gasteiger partial charge >= 0.3 is 6.03 Å². The van der Waals surface area contributed by atoms with E-state index in [1.54, 1.807) is 84.9 Å². The number of azo groups is 3. The number of carbonyl (C=O) groups is 1. The fourth-order valence-electron chi connectivity index (χ4n) is 5.11. The number of nitrogens with zero attached hydrogens (tertiary/aromatic N) is 6. The molecule has 0 aromatic heterocycles. The Labute approximate surface area is 309 Å². The SMILES string of the molecule is Cc1cc(N=Nc2ccc(NC(=O)Nc3ccc(S(=O)(=O)O)cc3)cc2C)ccc1N=Nc1ccc(N=Nc2ccc3cccc(S(=O)(=O)O)c3c2)cc1. The van der Waals surface area contributed by atoms with Crippen molar-refractivity contribution < 1.29 is 30.7 Å². The molecule has 0 fully saturated rings. The third-order valence-corrected chi connectivity index (χ3v) is 9.61. The van der Waals surface area contributed by atoms with Crippen molar-refractivity contribution in [1.29, 1.82) is 0 Å². The van der Waals surface area contributed by atoms with E-state index >= 15 is 0 Å². The molecule has 54 heavy (non-hydrogen) atoms. The number of fused-ring (bicyclic) bond motifs is 1. The van der Waals surface area contributed by atoms with Crippen LogP contribution in [0.5, 0.6) is 0 Å². The van der Waals surface area contributed by atoms with Gasteiger partial charge in [0, 0.05) is 16.8 Å². The van der Waals surface area contributed by atoms with Crippen molar-refractivity contribution in [3.05, 3.63) is 132 Å². The fraction of sp³-hybridized carbons (Fsp3) is 0.0541. The highest BCUT2D eigenvalue weighted by atomic mass is 32.2. The van der Waals surface area contributed by atoms with Crippen LogP contribution in [0.4, 0.5) is 50.3 Å². The first kappa shape index (κ1) is 37.2. The van der Waals surface area contributed by atoms with Crippen LogP contribution in [0.15, 0.2) is 162 Å². The molecule has 272 valence electrons. The van der Waals surface area contributed by atoms with Gasteiger partial charge < -0.3 is 10.6 Å². The number of anilines is 2. The van der Waals surface area contributed by atoms with Crippen LogP contribution in [0.3, 0.4) is 0 Å². The van der Waals surface area contributed by atoms with E-state index < -0.39 is 26.3 Å². The molecule has 0 unspecified atom stereocenters. The number of hydrogen-bond acceptors (Lipinski definition) is 11. The molecule has 0 atom stereocenters. The van der Waals surface area contributed by atoms with Crippen molar-refractivity contribution in [2.75, 3.05) is 10.6 Å². The van der Waals surface area contributed by atoms with E-state index in [1.807, 2.05) is 19.9 Å². The Morgan fingerprint density at radius 2 is 1.02 bits per heavy atom. The summed E-state index contributed by atoms with van der Waals surface area (Å²) in [5, 5.41) is 32.1. The lowest BCUT2D eigenvalue weighted by Gasteiger charge is -2.09. The first-order valence-corrected chi connectivity index (χ1v) is 18.8. The van der Waals surface area contributed by atoms with Crippen molar-refractivity contribution in [3.63, 3.8) is 0 Å². The number of urea groups is 1. The van der Waals surface area contributed by atoms with Crippen LogP contribution >= 0.6 is 0 Å². The zero-order valence-electron chi connectivity index (χ0n) is 28.5. The minimum absolute atomic E-state index is 0.200. The van der Waals surface area contributed by atoms with E-state index in [9.17, 15) is 26.2 Å². The van der Waals surface area contributed by atoms with E-state index in [2.05, 4.69) is 41.3 Å². The van der Waals surface area contributed by atoms with Crippen LogP contribution in [-0.4, -0.2) is 32.0 Å². The third kappa shape index (κ3) is 9.46. The average Bonchev–Trinajstić information content (AvgIpc) is 3.13. The Kier molecular flexibility index (Phi) is 10.8. The summed E-state index contributed by atoms with van der Waals surface area (Å²) in [5.74, 6) is 0. The van der Waals surface area contributed by atoms with Gasteiger partial charge in [-0.05, 0) is 133 Å². The third-order valence-electron chi connectivity index (χ3n) is 7.83. The lowest BCUT2D eigenvalue weighted by atomic mass is 10.1. The highest BCUT2D eigenvalue weighted by Crippen LogP contribution is 2.31. The second kappa shape index (κ2) is 15.6. The Morgan fingerprint density at radius 1 is 0.519 bits per heavy atom. The van der Waals surface area contributed by atoms with E-state index in [-0.39, 0.29) is 9.79 Å². The van der Waals surface area contributed by atoms with Gasteiger partial charge in [-0.15, -0.1) is 0 Å². The van der Waals surface area contributed by atoms with Gasteiger partial charge in [0.25, 0.3) is 20.2 Å². The molecule has 0 saturated heterocycles. The molecule has 6 aromatic rings. The van der Waals surface area contributed by atoms with Gasteiger partial charge in [-0.2, -0.15) is 47.5 Å². The summed E-state index contributed by atoms with van der Waals surface area (Å²) in [6.45, 7) is 3.70. The molecule has 0 saturated carbocycles. The second-order valence-electron chi connectivity index (χ2n) is 11.8. The molecule has 0 aliphatic carbocycles. The van der Waals surface area contributed by atoms with Gasteiger partial charge in [0.05, 0.1) is 39.0 Å². The van der Waals surface area contributed by atoms with Crippen molar-refractivity contribution in [2.45, 2.75) is 23.6 Å². The minimum Gasteiger partial charge on any atom is -0.308 e. The normalized spacial score (nSPS) is 12.2. The molecule has 2 amide bonds. The Morgan fingerprint density at radius 3 is 1.63 bits per heavy atom. The summed E-state index contributed by atoms with van der Waals surface area (Å²) in [7, 11) is -8.73. The van der Waals surface area contributed by atoms with E-state index in [0.29, 0.717) is 56.3 Å². The summed E-state index contributed by atoms with van der Waals surface area (Å²) >= 11 is 0. The number of hydrogen-bond donors (Lipinski definition) is 4. The molecule has 15 nitrogen and oxygen atoms in total. The predicted octanol–water partition coefficient (Wildman–Crippen LogP) is 10.8. The summed E-state index contributed by atoms with van der Waals surface area (Å²) in [4.78, 5) is 11.9. The number of amides is 2. The highest BCUT2D eigenvalue weighted by Gasteiger charge is 2.14. The molecule has 0 aliphatic heterocycles. The van der Waals surface area contributed by atoms with Crippen molar-refractivity contribution in [1.82, 2.24) is 0 Å². The van der Waals surface area contributed by atoms with Crippen molar-refractivity contribution >= 4 is 82.5 Å². The maximum absolute atomic E-state index is 12.4. The number of nitrogens with one attached hydrogen (secondary N) is 2. The van der Waals surface area contributed by atoms with Crippen LogP contribution in [0.25, 0.3) is 10.8 Å². The Hall–Kier alpha value is -6.53. The molecular weight excluding hydrogens is 733 g/mol. The van der Waals surface area contributed by atoms with Crippen LogP contribution in [0, 0.1) is 13.8 Å². The van der Waals surface area contributed by atoms with Gasteiger partial charge in [0.1, 0.15) is 4.90 Å². The van der Waals surface area contributed by atoms with Crippen LogP contribution < -0.4 is 10.6 Å². The highest BCUT2D eigenvalue weighted by molar-refractivity contribution is 7.86. The van der Waals surface area contributed by atoms with E-state index in [1.165, 1.54) is 30.3 Å². The molecule has 0 bridgehead atoms. The standard InChI is InChI=1S/C37H30N8O7S2/c1-23-20-29(39-37(46)38-26-12-16-32(17-13-26)53(47,48)49)14-18-34(23)45-43-30-15-19-35(24(2)21-30)44-41-28-10-8-27(9-11-28)40-42-31-7-6-25-4-3-5-36(33(25)22-31)54(50,51)52/h3-22H,1-2H3,(H2,38,39,46)(H,47,48,49)(H,50,51,52). The number of benzene rings is 6. The first-order valence-electron chi connectivity index (χ1n) is 15.9. The number of aryl methyl sites for hydroxylation is 2. The maximum Gasteiger partial charge on any atom is 0.323 e. The summed E-state index contributed by atoms with van der Waals surface area (Å²) in [5.41, 5.74) is 5.78. The largest absolute Gasteiger partial charge is 0.323 e. The Balaban J connectivity index is 1.04. The van der Waals surface area contributed by atoms with E-state index in [4.69, 9.17) is 4.55 Å². The maximum atomic E-state index is 12.4. The molecule has 17 heteroatoms. The van der Waals surface area contributed by atoms with Gasteiger partial charge in [-0.1, -0.05) is 18.2 Å². The molecule has 6 rings (SSSR count).